The number of aromatic nitrogens is 2. The molecule has 3 nitrogen and oxygen atoms in total. The summed E-state index contributed by atoms with van der Waals surface area (Å²) in [5, 5.41) is 4.23. The van der Waals surface area contributed by atoms with E-state index in [-0.39, 0.29) is 6.04 Å². The second-order valence-corrected chi connectivity index (χ2v) is 5.37. The standard InChI is InChI=1S/C13H15BrClN3/c1-2-12(13-16-5-6-17-13)18-8-9-7-10(14)3-4-11(9)15/h3-7,12,18H,2,8H2,1H3,(H,16,17). The van der Waals surface area contributed by atoms with Crippen LogP contribution in [-0.4, -0.2) is 9.97 Å². The van der Waals surface area contributed by atoms with Crippen molar-refractivity contribution in [2.24, 2.45) is 0 Å². The molecule has 2 rings (SSSR count). The van der Waals surface area contributed by atoms with Crippen LogP contribution in [0.2, 0.25) is 5.02 Å². The summed E-state index contributed by atoms with van der Waals surface area (Å²) in [5.74, 6) is 0.962. The monoisotopic (exact) mass is 327 g/mol. The van der Waals surface area contributed by atoms with Crippen LogP contribution in [0, 0.1) is 0 Å². The van der Waals surface area contributed by atoms with Gasteiger partial charge in [-0.1, -0.05) is 34.5 Å². The van der Waals surface area contributed by atoms with E-state index in [4.69, 9.17) is 11.6 Å². The minimum Gasteiger partial charge on any atom is -0.347 e. The van der Waals surface area contributed by atoms with Gasteiger partial charge in [0, 0.05) is 28.4 Å². The van der Waals surface area contributed by atoms with E-state index < -0.39 is 0 Å². The highest BCUT2D eigenvalue weighted by Gasteiger charge is 2.11. The van der Waals surface area contributed by atoms with Gasteiger partial charge in [0.2, 0.25) is 0 Å². The van der Waals surface area contributed by atoms with Gasteiger partial charge in [0.25, 0.3) is 0 Å². The lowest BCUT2D eigenvalue weighted by Crippen LogP contribution is -2.21. The summed E-state index contributed by atoms with van der Waals surface area (Å²) in [6.07, 6.45) is 4.58. The highest BCUT2D eigenvalue weighted by Crippen LogP contribution is 2.22. The average Bonchev–Trinajstić information content (AvgIpc) is 2.88. The first kappa shape index (κ1) is 13.6. The molecular formula is C13H15BrClN3. The Morgan fingerprint density at radius 2 is 2.33 bits per heavy atom. The van der Waals surface area contributed by atoms with E-state index >= 15 is 0 Å². The van der Waals surface area contributed by atoms with Gasteiger partial charge in [-0.05, 0) is 30.2 Å². The van der Waals surface area contributed by atoms with Crippen molar-refractivity contribution in [1.82, 2.24) is 15.3 Å². The molecule has 0 aliphatic heterocycles. The molecule has 0 bridgehead atoms. The van der Waals surface area contributed by atoms with E-state index in [0.29, 0.717) is 0 Å². The zero-order chi connectivity index (χ0) is 13.0. The van der Waals surface area contributed by atoms with Crippen LogP contribution in [-0.2, 0) is 6.54 Å². The van der Waals surface area contributed by atoms with Crippen molar-refractivity contribution in [3.05, 3.63) is 51.5 Å². The Morgan fingerprint density at radius 3 is 3.00 bits per heavy atom. The number of imidazole rings is 1. The van der Waals surface area contributed by atoms with Crippen molar-refractivity contribution in [2.45, 2.75) is 25.9 Å². The van der Waals surface area contributed by atoms with Gasteiger partial charge in [-0.2, -0.15) is 0 Å². The Hall–Kier alpha value is -0.840. The fourth-order valence-electron chi connectivity index (χ4n) is 1.81. The van der Waals surface area contributed by atoms with Gasteiger partial charge in [-0.15, -0.1) is 0 Å². The minimum atomic E-state index is 0.218. The summed E-state index contributed by atoms with van der Waals surface area (Å²) in [6.45, 7) is 2.85. The van der Waals surface area contributed by atoms with E-state index in [1.165, 1.54) is 0 Å². The number of halogens is 2. The second kappa shape index (κ2) is 6.36. The van der Waals surface area contributed by atoms with Crippen molar-refractivity contribution < 1.29 is 0 Å². The second-order valence-electron chi connectivity index (χ2n) is 4.05. The molecule has 0 fully saturated rings. The van der Waals surface area contributed by atoms with Gasteiger partial charge < -0.3 is 10.3 Å². The molecule has 1 aromatic carbocycles. The molecule has 1 unspecified atom stereocenters. The summed E-state index contributed by atoms with van der Waals surface area (Å²) in [6, 6.07) is 6.09. The SMILES string of the molecule is CCC(NCc1cc(Br)ccc1Cl)c1ncc[nH]1. The average molecular weight is 329 g/mol. The lowest BCUT2D eigenvalue weighted by atomic mass is 10.1. The minimum absolute atomic E-state index is 0.218. The first-order valence-corrected chi connectivity index (χ1v) is 7.04. The van der Waals surface area contributed by atoms with E-state index in [2.05, 4.69) is 38.1 Å². The van der Waals surface area contributed by atoms with Crippen LogP contribution in [0.4, 0.5) is 0 Å². The molecule has 18 heavy (non-hydrogen) atoms. The predicted octanol–water partition coefficient (Wildman–Crippen LogP) is 4.07. The molecule has 2 aromatic rings. The number of H-pyrrole nitrogens is 1. The van der Waals surface area contributed by atoms with Crippen LogP contribution in [0.5, 0.6) is 0 Å². The number of aromatic amines is 1. The molecule has 1 aromatic heterocycles. The molecule has 2 N–H and O–H groups in total. The summed E-state index contributed by atoms with van der Waals surface area (Å²) in [5.41, 5.74) is 1.08. The number of rotatable bonds is 5. The van der Waals surface area contributed by atoms with E-state index in [0.717, 1.165) is 33.8 Å². The molecule has 0 saturated heterocycles. The maximum atomic E-state index is 6.16. The number of nitrogens with one attached hydrogen (secondary N) is 2. The quantitative estimate of drug-likeness (QED) is 0.868. The van der Waals surface area contributed by atoms with Gasteiger partial charge >= 0.3 is 0 Å². The molecular weight excluding hydrogens is 314 g/mol. The van der Waals surface area contributed by atoms with Crippen molar-refractivity contribution in [1.29, 1.82) is 0 Å². The van der Waals surface area contributed by atoms with Crippen molar-refractivity contribution >= 4 is 27.5 Å². The number of hydrogen-bond acceptors (Lipinski definition) is 2. The number of nitrogens with zero attached hydrogens (tertiary/aromatic N) is 1. The lowest BCUT2D eigenvalue weighted by Gasteiger charge is -2.15. The first-order valence-electron chi connectivity index (χ1n) is 5.87. The Balaban J connectivity index is 2.04. The van der Waals surface area contributed by atoms with Crippen molar-refractivity contribution in [3.8, 4) is 0 Å². The Labute approximate surface area is 120 Å². The summed E-state index contributed by atoms with van der Waals surface area (Å²) in [7, 11) is 0. The van der Waals surface area contributed by atoms with E-state index in [1.54, 1.807) is 6.20 Å². The Bertz CT molecular complexity index is 499. The fourth-order valence-corrected chi connectivity index (χ4v) is 2.41. The third-order valence-electron chi connectivity index (χ3n) is 2.80. The third-order valence-corrected chi connectivity index (χ3v) is 3.67. The smallest absolute Gasteiger partial charge is 0.123 e. The fraction of sp³-hybridized carbons (Fsp3) is 0.308. The predicted molar refractivity (Wildman–Crippen MR) is 77.6 cm³/mol. The molecule has 0 amide bonds. The molecule has 0 aliphatic rings. The Kier molecular flexibility index (Phi) is 4.80. The van der Waals surface area contributed by atoms with Gasteiger partial charge in [-0.25, -0.2) is 4.98 Å². The van der Waals surface area contributed by atoms with E-state index in [1.807, 2.05) is 24.4 Å². The summed E-state index contributed by atoms with van der Waals surface area (Å²) >= 11 is 9.62. The molecule has 0 aliphatic carbocycles. The number of hydrogen-bond donors (Lipinski definition) is 2. The van der Waals surface area contributed by atoms with Crippen LogP contribution < -0.4 is 5.32 Å². The zero-order valence-corrected chi connectivity index (χ0v) is 12.4. The molecule has 96 valence electrons. The zero-order valence-electron chi connectivity index (χ0n) is 10.1. The maximum Gasteiger partial charge on any atom is 0.123 e. The van der Waals surface area contributed by atoms with Gasteiger partial charge in [-0.3, -0.25) is 0 Å². The largest absolute Gasteiger partial charge is 0.347 e. The van der Waals surface area contributed by atoms with Crippen LogP contribution in [0.15, 0.2) is 35.1 Å². The highest BCUT2D eigenvalue weighted by atomic mass is 79.9. The van der Waals surface area contributed by atoms with Gasteiger partial charge in [0.05, 0.1) is 6.04 Å². The van der Waals surface area contributed by atoms with Crippen LogP contribution in [0.1, 0.15) is 30.8 Å². The Morgan fingerprint density at radius 1 is 1.50 bits per heavy atom. The van der Waals surface area contributed by atoms with Crippen LogP contribution in [0.3, 0.4) is 0 Å². The first-order chi connectivity index (χ1) is 8.70. The van der Waals surface area contributed by atoms with Gasteiger partial charge in [0.1, 0.15) is 5.82 Å². The number of benzene rings is 1. The third kappa shape index (κ3) is 3.34. The lowest BCUT2D eigenvalue weighted by molar-refractivity contribution is 0.498. The van der Waals surface area contributed by atoms with Crippen molar-refractivity contribution in [3.63, 3.8) is 0 Å². The highest BCUT2D eigenvalue weighted by molar-refractivity contribution is 9.10. The van der Waals surface area contributed by atoms with Crippen molar-refractivity contribution in [2.75, 3.05) is 0 Å². The normalized spacial score (nSPS) is 12.6. The summed E-state index contributed by atoms with van der Waals surface area (Å²) < 4.78 is 1.04. The molecule has 1 heterocycles. The summed E-state index contributed by atoms with van der Waals surface area (Å²) in [4.78, 5) is 7.41. The molecule has 1 atom stereocenters. The molecule has 0 radical (unpaired) electrons. The van der Waals surface area contributed by atoms with Crippen LogP contribution in [0.25, 0.3) is 0 Å². The molecule has 5 heteroatoms. The molecule has 0 saturated carbocycles. The van der Waals surface area contributed by atoms with Gasteiger partial charge in [0.15, 0.2) is 0 Å². The van der Waals surface area contributed by atoms with E-state index in [9.17, 15) is 0 Å². The molecule has 0 spiro atoms. The topological polar surface area (TPSA) is 40.7 Å². The maximum absolute atomic E-state index is 6.16. The van der Waals surface area contributed by atoms with Crippen LogP contribution >= 0.6 is 27.5 Å².